The number of benzene rings is 1. The van der Waals surface area contributed by atoms with Crippen LogP contribution in [0.3, 0.4) is 0 Å². The topological polar surface area (TPSA) is 46.2 Å². The van der Waals surface area contributed by atoms with Gasteiger partial charge in [0.1, 0.15) is 5.82 Å². The Morgan fingerprint density at radius 2 is 2.12 bits per heavy atom. The highest BCUT2D eigenvalue weighted by atomic mass is 35.5. The minimum absolute atomic E-state index is 0.0752. The van der Waals surface area contributed by atoms with Crippen LogP contribution in [0.15, 0.2) is 23.1 Å². The maximum Gasteiger partial charge on any atom is 0.240 e. The van der Waals surface area contributed by atoms with E-state index in [4.69, 9.17) is 11.6 Å². The highest BCUT2D eigenvalue weighted by Crippen LogP contribution is 2.15. The fourth-order valence-electron chi connectivity index (χ4n) is 1.22. The Morgan fingerprint density at radius 1 is 1.50 bits per heavy atom. The lowest BCUT2D eigenvalue weighted by molar-refractivity contribution is 0.579. The predicted octanol–water partition coefficient (Wildman–Crippen LogP) is 2.04. The SMILES string of the molecule is Cc1cc(F)ccc1S(=O)(=O)NCC(C)Cl. The van der Waals surface area contributed by atoms with Gasteiger partial charge >= 0.3 is 0 Å². The first-order chi connectivity index (χ1) is 7.33. The number of nitrogens with one attached hydrogen (secondary N) is 1. The third-order valence-corrected chi connectivity index (χ3v) is 3.72. The van der Waals surface area contributed by atoms with E-state index in [9.17, 15) is 12.8 Å². The highest BCUT2D eigenvalue weighted by molar-refractivity contribution is 7.89. The minimum atomic E-state index is -3.60. The summed E-state index contributed by atoms with van der Waals surface area (Å²) in [4.78, 5) is 0.0752. The number of aryl methyl sites for hydroxylation is 1. The van der Waals surface area contributed by atoms with Crippen molar-refractivity contribution in [1.29, 1.82) is 0 Å². The number of hydrogen-bond donors (Lipinski definition) is 1. The molecule has 16 heavy (non-hydrogen) atoms. The fraction of sp³-hybridized carbons (Fsp3) is 0.400. The van der Waals surface area contributed by atoms with Crippen molar-refractivity contribution in [2.24, 2.45) is 0 Å². The second kappa shape index (κ2) is 5.12. The first-order valence-electron chi connectivity index (χ1n) is 4.73. The molecular formula is C10H13ClFNO2S. The van der Waals surface area contributed by atoms with Gasteiger partial charge in [-0.1, -0.05) is 0 Å². The molecule has 90 valence electrons. The van der Waals surface area contributed by atoms with Gasteiger partial charge in [0.2, 0.25) is 10.0 Å². The van der Waals surface area contributed by atoms with E-state index in [1.807, 2.05) is 0 Å². The van der Waals surface area contributed by atoms with E-state index in [1.165, 1.54) is 12.1 Å². The molecule has 0 saturated carbocycles. The predicted molar refractivity (Wildman–Crippen MR) is 61.6 cm³/mol. The Bertz CT molecular complexity index is 474. The molecule has 1 aromatic rings. The van der Waals surface area contributed by atoms with Crippen molar-refractivity contribution in [3.8, 4) is 0 Å². The van der Waals surface area contributed by atoms with Gasteiger partial charge in [0.25, 0.3) is 0 Å². The molecule has 0 aliphatic heterocycles. The number of sulfonamides is 1. The van der Waals surface area contributed by atoms with Gasteiger partial charge in [-0.05, 0) is 37.6 Å². The molecule has 0 radical (unpaired) electrons. The summed E-state index contributed by atoms with van der Waals surface area (Å²) < 4.78 is 38.7. The van der Waals surface area contributed by atoms with Gasteiger partial charge in [-0.3, -0.25) is 0 Å². The molecule has 0 heterocycles. The molecule has 0 bridgehead atoms. The Morgan fingerprint density at radius 3 is 2.62 bits per heavy atom. The van der Waals surface area contributed by atoms with Crippen LogP contribution in [-0.4, -0.2) is 20.3 Å². The van der Waals surface area contributed by atoms with Crippen LogP contribution >= 0.6 is 11.6 Å². The van der Waals surface area contributed by atoms with Gasteiger partial charge in [-0.25, -0.2) is 17.5 Å². The fourth-order valence-corrected chi connectivity index (χ4v) is 2.74. The van der Waals surface area contributed by atoms with Crippen LogP contribution < -0.4 is 4.72 Å². The Hall–Kier alpha value is -0.650. The Labute approximate surface area is 99.7 Å². The highest BCUT2D eigenvalue weighted by Gasteiger charge is 2.17. The third kappa shape index (κ3) is 3.43. The van der Waals surface area contributed by atoms with Crippen molar-refractivity contribution >= 4 is 21.6 Å². The van der Waals surface area contributed by atoms with Crippen molar-refractivity contribution in [2.75, 3.05) is 6.54 Å². The van der Waals surface area contributed by atoms with Crippen molar-refractivity contribution in [2.45, 2.75) is 24.1 Å². The number of rotatable bonds is 4. The van der Waals surface area contributed by atoms with Crippen LogP contribution in [0.5, 0.6) is 0 Å². The lowest BCUT2D eigenvalue weighted by Gasteiger charge is -2.10. The van der Waals surface area contributed by atoms with Crippen LogP contribution in [0.25, 0.3) is 0 Å². The van der Waals surface area contributed by atoms with Crippen LogP contribution in [0, 0.1) is 12.7 Å². The molecule has 1 atom stereocenters. The van der Waals surface area contributed by atoms with E-state index in [-0.39, 0.29) is 16.8 Å². The van der Waals surface area contributed by atoms with Crippen molar-refractivity contribution in [3.05, 3.63) is 29.6 Å². The average Bonchev–Trinajstić information content (AvgIpc) is 2.14. The lowest BCUT2D eigenvalue weighted by atomic mass is 10.2. The van der Waals surface area contributed by atoms with Gasteiger partial charge in [-0.2, -0.15) is 0 Å². The second-order valence-corrected chi connectivity index (χ2v) is 6.02. The van der Waals surface area contributed by atoms with Crippen LogP contribution in [-0.2, 0) is 10.0 Å². The molecule has 0 aliphatic rings. The normalized spacial score (nSPS) is 13.8. The van der Waals surface area contributed by atoms with E-state index in [0.29, 0.717) is 5.56 Å². The first-order valence-corrected chi connectivity index (χ1v) is 6.65. The summed E-state index contributed by atoms with van der Waals surface area (Å²) in [6.07, 6.45) is 0. The molecule has 6 heteroatoms. The molecule has 0 fully saturated rings. The van der Waals surface area contributed by atoms with Crippen molar-refractivity contribution < 1.29 is 12.8 Å². The Balaban J connectivity index is 2.99. The largest absolute Gasteiger partial charge is 0.240 e. The summed E-state index contributed by atoms with van der Waals surface area (Å²) in [5.74, 6) is -0.456. The molecule has 3 nitrogen and oxygen atoms in total. The lowest BCUT2D eigenvalue weighted by Crippen LogP contribution is -2.29. The summed E-state index contributed by atoms with van der Waals surface area (Å²) in [7, 11) is -3.60. The summed E-state index contributed by atoms with van der Waals surface area (Å²) in [6, 6.07) is 3.54. The minimum Gasteiger partial charge on any atom is -0.210 e. The van der Waals surface area contributed by atoms with E-state index in [1.54, 1.807) is 13.8 Å². The van der Waals surface area contributed by atoms with Gasteiger partial charge in [-0.15, -0.1) is 11.6 Å². The Kier molecular flexibility index (Phi) is 4.29. The van der Waals surface area contributed by atoms with Gasteiger partial charge in [0, 0.05) is 11.9 Å². The van der Waals surface area contributed by atoms with Gasteiger partial charge in [0.15, 0.2) is 0 Å². The molecule has 0 aromatic heterocycles. The molecule has 0 spiro atoms. The van der Waals surface area contributed by atoms with Crippen molar-refractivity contribution in [3.63, 3.8) is 0 Å². The van der Waals surface area contributed by atoms with Crippen LogP contribution in [0.2, 0.25) is 0 Å². The first kappa shape index (κ1) is 13.4. The molecular weight excluding hydrogens is 253 g/mol. The third-order valence-electron chi connectivity index (χ3n) is 1.98. The summed E-state index contributed by atoms with van der Waals surface area (Å²) in [5, 5.41) is -0.296. The van der Waals surface area contributed by atoms with E-state index >= 15 is 0 Å². The summed E-state index contributed by atoms with van der Waals surface area (Å²) in [6.45, 7) is 3.37. The molecule has 1 N–H and O–H groups in total. The standard InChI is InChI=1S/C10H13ClFNO2S/c1-7-5-9(12)3-4-10(7)16(14,15)13-6-8(2)11/h3-5,8,13H,6H2,1-2H3. The maximum absolute atomic E-state index is 12.8. The summed E-state index contributed by atoms with van der Waals surface area (Å²) in [5.41, 5.74) is 0.370. The number of hydrogen-bond acceptors (Lipinski definition) is 2. The zero-order chi connectivity index (χ0) is 12.3. The molecule has 0 amide bonds. The van der Waals surface area contributed by atoms with E-state index in [0.717, 1.165) is 6.07 Å². The molecule has 0 aliphatic carbocycles. The zero-order valence-corrected chi connectivity index (χ0v) is 10.6. The van der Waals surface area contributed by atoms with Crippen LogP contribution in [0.1, 0.15) is 12.5 Å². The zero-order valence-electron chi connectivity index (χ0n) is 9.00. The number of halogens is 2. The molecule has 1 unspecified atom stereocenters. The second-order valence-electron chi connectivity index (χ2n) is 3.54. The number of alkyl halides is 1. The quantitative estimate of drug-likeness (QED) is 0.847. The average molecular weight is 266 g/mol. The van der Waals surface area contributed by atoms with E-state index in [2.05, 4.69) is 4.72 Å². The maximum atomic E-state index is 12.8. The van der Waals surface area contributed by atoms with E-state index < -0.39 is 15.8 Å². The molecule has 0 saturated heterocycles. The molecule has 1 aromatic carbocycles. The van der Waals surface area contributed by atoms with Crippen molar-refractivity contribution in [1.82, 2.24) is 4.72 Å². The molecule has 1 rings (SSSR count). The van der Waals surface area contributed by atoms with Gasteiger partial charge < -0.3 is 0 Å². The smallest absolute Gasteiger partial charge is 0.210 e. The monoisotopic (exact) mass is 265 g/mol. The van der Waals surface area contributed by atoms with Crippen LogP contribution in [0.4, 0.5) is 4.39 Å². The van der Waals surface area contributed by atoms with Gasteiger partial charge in [0.05, 0.1) is 4.90 Å². The summed E-state index contributed by atoms with van der Waals surface area (Å²) >= 11 is 5.65.